The maximum Gasteiger partial charge on any atom is 0.253 e. The Labute approximate surface area is 208 Å². The van der Waals surface area contributed by atoms with E-state index in [-0.39, 0.29) is 30.3 Å². The van der Waals surface area contributed by atoms with Crippen LogP contribution in [0.3, 0.4) is 0 Å². The summed E-state index contributed by atoms with van der Waals surface area (Å²) in [5.74, 6) is -0.152. The molecule has 2 atom stereocenters. The number of fused-ring (bicyclic) bond motifs is 3. The molecule has 0 aliphatic carbocycles. The molecule has 0 spiro atoms. The Bertz CT molecular complexity index is 954. The third-order valence-electron chi connectivity index (χ3n) is 8.22. The molecule has 0 aromatic heterocycles. The highest BCUT2D eigenvalue weighted by molar-refractivity contribution is 6.09. The molecule has 8 nitrogen and oxygen atoms in total. The van der Waals surface area contributed by atoms with Crippen molar-refractivity contribution in [1.29, 1.82) is 0 Å². The minimum absolute atomic E-state index is 0.00434. The molecule has 3 fully saturated rings. The van der Waals surface area contributed by atoms with Gasteiger partial charge in [0.25, 0.3) is 5.91 Å². The molecule has 3 saturated heterocycles. The Kier molecular flexibility index (Phi) is 7.27. The molecule has 2 unspecified atom stereocenters. The van der Waals surface area contributed by atoms with Gasteiger partial charge in [-0.25, -0.2) is 0 Å². The van der Waals surface area contributed by atoms with Gasteiger partial charge in [0.05, 0.1) is 11.4 Å². The smallest absolute Gasteiger partial charge is 0.253 e. The van der Waals surface area contributed by atoms with Crippen molar-refractivity contribution in [3.8, 4) is 0 Å². The van der Waals surface area contributed by atoms with Crippen molar-refractivity contribution in [3.63, 3.8) is 0 Å². The first kappa shape index (κ1) is 24.1. The number of hydrogen-bond donors (Lipinski definition) is 1. The number of hydrogen-bond acceptors (Lipinski definition) is 5. The zero-order chi connectivity index (χ0) is 24.4. The lowest BCUT2D eigenvalue weighted by molar-refractivity contribution is -0.125. The molecule has 3 amide bonds. The van der Waals surface area contributed by atoms with E-state index in [0.717, 1.165) is 76.9 Å². The number of nitrogens with one attached hydrogen (secondary N) is 1. The molecule has 5 rings (SSSR count). The van der Waals surface area contributed by atoms with Crippen LogP contribution in [0.4, 0.5) is 11.4 Å². The summed E-state index contributed by atoms with van der Waals surface area (Å²) in [5.41, 5.74) is 2.25. The summed E-state index contributed by atoms with van der Waals surface area (Å²) in [6.45, 7) is 7.50. The van der Waals surface area contributed by atoms with Crippen LogP contribution in [0.2, 0.25) is 0 Å². The van der Waals surface area contributed by atoms with Crippen LogP contribution < -0.4 is 15.1 Å². The van der Waals surface area contributed by atoms with E-state index in [9.17, 15) is 14.4 Å². The van der Waals surface area contributed by atoms with Gasteiger partial charge in [0.1, 0.15) is 12.6 Å². The standard InChI is InChI=1S/C27H39N5O3/c1-20(29-13-4-5-14-29)11-12-28-25(33)19-32-24-18-21(26(34)30-15-6-7-16-30)9-10-22(24)31-17-3-2-8-23(31)27(32)35/h9-10,18,20,23H,2-8,11-17,19H2,1H3,(H,28,33). The number of benzene rings is 1. The lowest BCUT2D eigenvalue weighted by atomic mass is 9.95. The maximum atomic E-state index is 13.6. The SMILES string of the molecule is CC(CCNC(=O)CN1C(=O)C2CCCCN2c2ccc(C(=O)N3CCCC3)cc21)N1CCCC1. The summed E-state index contributed by atoms with van der Waals surface area (Å²) in [6, 6.07) is 5.93. The van der Waals surface area contributed by atoms with E-state index < -0.39 is 0 Å². The van der Waals surface area contributed by atoms with E-state index in [1.165, 1.54) is 12.8 Å². The normalized spacial score (nSPS) is 23.3. The van der Waals surface area contributed by atoms with Gasteiger partial charge in [-0.2, -0.15) is 0 Å². The van der Waals surface area contributed by atoms with Gasteiger partial charge in [-0.1, -0.05) is 0 Å². The van der Waals surface area contributed by atoms with E-state index in [1.54, 1.807) is 4.90 Å². The quantitative estimate of drug-likeness (QED) is 0.648. The van der Waals surface area contributed by atoms with Gasteiger partial charge in [0.15, 0.2) is 0 Å². The Balaban J connectivity index is 1.31. The molecule has 4 aliphatic rings. The van der Waals surface area contributed by atoms with Crippen LogP contribution >= 0.6 is 0 Å². The fraction of sp³-hybridized carbons (Fsp3) is 0.667. The first-order valence-electron chi connectivity index (χ1n) is 13.5. The van der Waals surface area contributed by atoms with Crippen LogP contribution in [0, 0.1) is 0 Å². The van der Waals surface area contributed by atoms with Crippen molar-refractivity contribution in [1.82, 2.24) is 15.1 Å². The summed E-state index contributed by atoms with van der Waals surface area (Å²) in [7, 11) is 0. The Morgan fingerprint density at radius 1 is 0.971 bits per heavy atom. The van der Waals surface area contributed by atoms with Crippen molar-refractivity contribution in [2.45, 2.75) is 70.4 Å². The molecule has 1 aromatic carbocycles. The molecular weight excluding hydrogens is 442 g/mol. The van der Waals surface area contributed by atoms with Crippen LogP contribution in [0.25, 0.3) is 0 Å². The second kappa shape index (κ2) is 10.6. The molecule has 35 heavy (non-hydrogen) atoms. The minimum atomic E-state index is -0.223. The summed E-state index contributed by atoms with van der Waals surface area (Å²) in [5, 5.41) is 3.04. The van der Waals surface area contributed by atoms with Crippen LogP contribution in [-0.4, -0.2) is 85.4 Å². The van der Waals surface area contributed by atoms with E-state index >= 15 is 0 Å². The third kappa shape index (κ3) is 5.03. The molecule has 190 valence electrons. The highest BCUT2D eigenvalue weighted by Crippen LogP contribution is 2.40. The summed E-state index contributed by atoms with van der Waals surface area (Å²) in [4.78, 5) is 47.7. The Hall–Kier alpha value is -2.61. The van der Waals surface area contributed by atoms with E-state index in [0.29, 0.717) is 23.8 Å². The molecule has 0 radical (unpaired) electrons. The van der Waals surface area contributed by atoms with Gasteiger partial charge in [0.2, 0.25) is 11.8 Å². The molecule has 1 N–H and O–H groups in total. The van der Waals surface area contributed by atoms with E-state index in [1.807, 2.05) is 23.1 Å². The summed E-state index contributed by atoms with van der Waals surface area (Å²) >= 11 is 0. The number of nitrogens with zero attached hydrogens (tertiary/aromatic N) is 4. The van der Waals surface area contributed by atoms with Crippen molar-refractivity contribution in [2.24, 2.45) is 0 Å². The van der Waals surface area contributed by atoms with Gasteiger partial charge >= 0.3 is 0 Å². The second-order valence-electron chi connectivity index (χ2n) is 10.6. The number of piperidine rings is 1. The highest BCUT2D eigenvalue weighted by Gasteiger charge is 2.40. The zero-order valence-corrected chi connectivity index (χ0v) is 21.0. The number of rotatable bonds is 7. The number of likely N-dealkylation sites (tertiary alicyclic amines) is 2. The Morgan fingerprint density at radius 2 is 1.69 bits per heavy atom. The highest BCUT2D eigenvalue weighted by atomic mass is 16.2. The lowest BCUT2D eigenvalue weighted by Gasteiger charge is -2.45. The van der Waals surface area contributed by atoms with Crippen molar-refractivity contribution in [2.75, 3.05) is 55.6 Å². The lowest BCUT2D eigenvalue weighted by Crippen LogP contribution is -2.57. The van der Waals surface area contributed by atoms with E-state index in [2.05, 4.69) is 22.0 Å². The summed E-state index contributed by atoms with van der Waals surface area (Å²) < 4.78 is 0. The van der Waals surface area contributed by atoms with Gasteiger partial charge in [0, 0.05) is 37.8 Å². The maximum absolute atomic E-state index is 13.6. The van der Waals surface area contributed by atoms with Gasteiger partial charge in [-0.3, -0.25) is 19.3 Å². The van der Waals surface area contributed by atoms with E-state index in [4.69, 9.17) is 0 Å². The zero-order valence-electron chi connectivity index (χ0n) is 21.0. The molecule has 4 aliphatic heterocycles. The number of carbonyl (C=O) groups is 3. The fourth-order valence-electron chi connectivity index (χ4n) is 6.14. The van der Waals surface area contributed by atoms with Crippen LogP contribution in [-0.2, 0) is 9.59 Å². The third-order valence-corrected chi connectivity index (χ3v) is 8.22. The second-order valence-corrected chi connectivity index (χ2v) is 10.6. The first-order valence-corrected chi connectivity index (χ1v) is 13.5. The molecular formula is C27H39N5O3. The number of amides is 3. The minimum Gasteiger partial charge on any atom is -0.358 e. The first-order chi connectivity index (χ1) is 17.0. The Morgan fingerprint density at radius 3 is 2.46 bits per heavy atom. The van der Waals surface area contributed by atoms with Crippen molar-refractivity contribution >= 4 is 29.1 Å². The number of carbonyl (C=O) groups excluding carboxylic acids is 3. The number of anilines is 2. The van der Waals surface area contributed by atoms with Crippen molar-refractivity contribution in [3.05, 3.63) is 23.8 Å². The molecule has 1 aromatic rings. The average Bonchev–Trinajstić information content (AvgIpc) is 3.61. The average molecular weight is 482 g/mol. The fourth-order valence-corrected chi connectivity index (χ4v) is 6.14. The van der Waals surface area contributed by atoms with Gasteiger partial charge in [-0.15, -0.1) is 0 Å². The topological polar surface area (TPSA) is 76.2 Å². The van der Waals surface area contributed by atoms with Gasteiger partial charge < -0.3 is 20.0 Å². The van der Waals surface area contributed by atoms with Crippen molar-refractivity contribution < 1.29 is 14.4 Å². The summed E-state index contributed by atoms with van der Waals surface area (Å²) in [6.07, 6.45) is 8.36. The molecule has 8 heteroatoms. The largest absolute Gasteiger partial charge is 0.358 e. The predicted molar refractivity (Wildman–Crippen MR) is 137 cm³/mol. The van der Waals surface area contributed by atoms with Crippen LogP contribution in [0.15, 0.2) is 18.2 Å². The van der Waals surface area contributed by atoms with Gasteiger partial charge in [-0.05, 0) is 89.6 Å². The van der Waals surface area contributed by atoms with Crippen LogP contribution in [0.1, 0.15) is 68.6 Å². The predicted octanol–water partition coefficient (Wildman–Crippen LogP) is 2.62. The monoisotopic (exact) mass is 481 g/mol. The van der Waals surface area contributed by atoms with Crippen LogP contribution in [0.5, 0.6) is 0 Å². The molecule has 0 saturated carbocycles. The molecule has 0 bridgehead atoms. The molecule has 4 heterocycles.